The van der Waals surface area contributed by atoms with Gasteiger partial charge < -0.3 is 10.2 Å². The highest BCUT2D eigenvalue weighted by Crippen LogP contribution is 2.26. The molecule has 0 aromatic heterocycles. The molecule has 3 aromatic rings. The maximum atomic E-state index is 13.9. The zero-order valence-corrected chi connectivity index (χ0v) is 23.0. The van der Waals surface area contributed by atoms with Gasteiger partial charge in [-0.25, -0.2) is 12.8 Å². The van der Waals surface area contributed by atoms with Crippen LogP contribution in [-0.4, -0.2) is 43.8 Å². The van der Waals surface area contributed by atoms with Gasteiger partial charge in [-0.1, -0.05) is 54.9 Å². The van der Waals surface area contributed by atoms with Crippen LogP contribution in [0.2, 0.25) is 5.02 Å². The summed E-state index contributed by atoms with van der Waals surface area (Å²) in [5.74, 6) is -1.52. The molecule has 38 heavy (non-hydrogen) atoms. The van der Waals surface area contributed by atoms with Gasteiger partial charge in [0, 0.05) is 17.6 Å². The van der Waals surface area contributed by atoms with E-state index in [0.717, 1.165) is 16.4 Å². The first-order valence-electron chi connectivity index (χ1n) is 12.2. The van der Waals surface area contributed by atoms with Crippen molar-refractivity contribution in [3.05, 3.63) is 95.3 Å². The zero-order valence-electron chi connectivity index (χ0n) is 21.5. The molecule has 1 unspecified atom stereocenters. The van der Waals surface area contributed by atoms with Crippen molar-refractivity contribution in [2.24, 2.45) is 0 Å². The summed E-state index contributed by atoms with van der Waals surface area (Å²) in [5, 5.41) is 3.25. The fraction of sp³-hybridized carbons (Fsp3) is 0.286. The Balaban J connectivity index is 2.06. The first kappa shape index (κ1) is 29.1. The smallest absolute Gasteiger partial charge is 0.264 e. The Hall–Kier alpha value is -3.43. The molecule has 2 amide bonds. The summed E-state index contributed by atoms with van der Waals surface area (Å²) in [6.07, 6.45) is 0.288. The van der Waals surface area contributed by atoms with Gasteiger partial charge in [0.1, 0.15) is 18.4 Å². The van der Waals surface area contributed by atoms with E-state index in [0.29, 0.717) is 10.6 Å². The normalized spacial score (nSPS) is 12.2. The average molecular weight is 560 g/mol. The summed E-state index contributed by atoms with van der Waals surface area (Å²) in [6, 6.07) is 18.4. The van der Waals surface area contributed by atoms with Gasteiger partial charge in [0.2, 0.25) is 11.8 Å². The fourth-order valence-electron chi connectivity index (χ4n) is 3.97. The van der Waals surface area contributed by atoms with Gasteiger partial charge in [0.25, 0.3) is 10.0 Å². The number of benzene rings is 3. The van der Waals surface area contributed by atoms with Crippen LogP contribution in [0.3, 0.4) is 0 Å². The van der Waals surface area contributed by atoms with E-state index in [9.17, 15) is 22.4 Å². The summed E-state index contributed by atoms with van der Waals surface area (Å²) >= 11 is 6.37. The highest BCUT2D eigenvalue weighted by atomic mass is 35.5. The number of halogens is 2. The van der Waals surface area contributed by atoms with E-state index in [4.69, 9.17) is 11.6 Å². The first-order chi connectivity index (χ1) is 18.0. The number of rotatable bonds is 11. The van der Waals surface area contributed by atoms with Crippen molar-refractivity contribution in [1.29, 1.82) is 0 Å². The first-order valence-corrected chi connectivity index (χ1v) is 14.0. The standard InChI is InChI=1S/C28H31ClFN3O4S/c1-4-26(28(35)31-20(2)3)32(18-21-10-8-9-13-25(21)29)27(34)19-33(23-16-14-22(30)15-17-23)38(36,37)24-11-6-5-7-12-24/h5-17,20,26H,4,18-19H2,1-3H3,(H,31,35). The third-order valence-corrected chi connectivity index (χ3v) is 8.00. The quantitative estimate of drug-likeness (QED) is 0.358. The second-order valence-electron chi connectivity index (χ2n) is 9.00. The van der Waals surface area contributed by atoms with E-state index < -0.39 is 34.3 Å². The minimum atomic E-state index is -4.21. The van der Waals surface area contributed by atoms with Crippen molar-refractivity contribution in [2.75, 3.05) is 10.8 Å². The molecule has 0 bridgehead atoms. The topological polar surface area (TPSA) is 86.8 Å². The summed E-state index contributed by atoms with van der Waals surface area (Å²) in [4.78, 5) is 28.3. The van der Waals surface area contributed by atoms with E-state index in [1.165, 1.54) is 29.2 Å². The van der Waals surface area contributed by atoms with Crippen LogP contribution in [0.4, 0.5) is 10.1 Å². The van der Waals surface area contributed by atoms with Crippen molar-refractivity contribution in [3.63, 3.8) is 0 Å². The number of hydrogen-bond acceptors (Lipinski definition) is 4. The van der Waals surface area contributed by atoms with Crippen molar-refractivity contribution >= 4 is 39.1 Å². The van der Waals surface area contributed by atoms with E-state index in [1.54, 1.807) is 49.4 Å². The molecule has 202 valence electrons. The predicted octanol–water partition coefficient (Wildman–Crippen LogP) is 5.01. The van der Waals surface area contributed by atoms with Crippen molar-refractivity contribution in [2.45, 2.75) is 50.7 Å². The Bertz CT molecular complexity index is 1350. The van der Waals surface area contributed by atoms with Crippen LogP contribution >= 0.6 is 11.6 Å². The molecule has 0 spiro atoms. The number of amides is 2. The molecule has 0 heterocycles. The molecular formula is C28H31ClFN3O4S. The van der Waals surface area contributed by atoms with Gasteiger partial charge in [-0.2, -0.15) is 0 Å². The average Bonchev–Trinajstić information content (AvgIpc) is 2.88. The number of sulfonamides is 1. The van der Waals surface area contributed by atoms with Crippen molar-refractivity contribution in [3.8, 4) is 0 Å². The van der Waals surface area contributed by atoms with Crippen LogP contribution in [0, 0.1) is 5.82 Å². The monoisotopic (exact) mass is 559 g/mol. The third-order valence-electron chi connectivity index (χ3n) is 5.84. The lowest BCUT2D eigenvalue weighted by molar-refractivity contribution is -0.140. The summed E-state index contributed by atoms with van der Waals surface area (Å²) in [5.41, 5.74) is 0.721. The molecular weight excluding hydrogens is 529 g/mol. The predicted molar refractivity (Wildman–Crippen MR) is 147 cm³/mol. The molecule has 0 fully saturated rings. The number of nitrogens with zero attached hydrogens (tertiary/aromatic N) is 2. The van der Waals surface area contributed by atoms with Crippen LogP contribution in [0.1, 0.15) is 32.8 Å². The molecule has 7 nitrogen and oxygen atoms in total. The van der Waals surface area contributed by atoms with Crippen LogP contribution < -0.4 is 9.62 Å². The molecule has 3 rings (SSSR count). The number of carbonyl (C=O) groups excluding carboxylic acids is 2. The van der Waals surface area contributed by atoms with Crippen LogP contribution in [0.25, 0.3) is 0 Å². The highest BCUT2D eigenvalue weighted by Gasteiger charge is 2.34. The van der Waals surface area contributed by atoms with Gasteiger partial charge in [0.15, 0.2) is 0 Å². The van der Waals surface area contributed by atoms with E-state index >= 15 is 0 Å². The van der Waals surface area contributed by atoms with Gasteiger partial charge in [-0.15, -0.1) is 0 Å². The Morgan fingerprint density at radius 3 is 2.13 bits per heavy atom. The van der Waals surface area contributed by atoms with Crippen molar-refractivity contribution in [1.82, 2.24) is 10.2 Å². The van der Waals surface area contributed by atoms with Gasteiger partial charge in [-0.3, -0.25) is 13.9 Å². The summed E-state index contributed by atoms with van der Waals surface area (Å²) in [7, 11) is -4.21. The van der Waals surface area contributed by atoms with Crippen molar-refractivity contribution < 1.29 is 22.4 Å². The second-order valence-corrected chi connectivity index (χ2v) is 11.3. The Labute approximate surface area is 228 Å². The number of anilines is 1. The maximum Gasteiger partial charge on any atom is 0.264 e. The third kappa shape index (κ3) is 7.11. The molecule has 0 saturated heterocycles. The molecule has 10 heteroatoms. The molecule has 1 atom stereocenters. The van der Waals surface area contributed by atoms with Crippen LogP contribution in [-0.2, 0) is 26.2 Å². The van der Waals surface area contributed by atoms with Gasteiger partial charge in [-0.05, 0) is 68.3 Å². The van der Waals surface area contributed by atoms with Gasteiger partial charge in [0.05, 0.1) is 10.6 Å². The SMILES string of the molecule is CCC(C(=O)NC(C)C)N(Cc1ccccc1Cl)C(=O)CN(c1ccc(F)cc1)S(=O)(=O)c1ccccc1. The molecule has 1 N–H and O–H groups in total. The molecule has 0 radical (unpaired) electrons. The molecule has 0 saturated carbocycles. The fourth-order valence-corrected chi connectivity index (χ4v) is 5.60. The number of hydrogen-bond donors (Lipinski definition) is 1. The maximum absolute atomic E-state index is 13.9. The van der Waals surface area contributed by atoms with E-state index in [1.807, 2.05) is 13.8 Å². The number of carbonyl (C=O) groups is 2. The summed E-state index contributed by atoms with van der Waals surface area (Å²) < 4.78 is 41.9. The molecule has 3 aromatic carbocycles. The molecule has 0 aliphatic carbocycles. The van der Waals surface area contributed by atoms with Crippen LogP contribution in [0.5, 0.6) is 0 Å². The minimum Gasteiger partial charge on any atom is -0.352 e. The minimum absolute atomic E-state index is 0.00876. The Morgan fingerprint density at radius 1 is 0.947 bits per heavy atom. The Kier molecular flexibility index (Phi) is 9.88. The lowest BCUT2D eigenvalue weighted by atomic mass is 10.1. The number of nitrogens with one attached hydrogen (secondary N) is 1. The molecule has 0 aliphatic rings. The Morgan fingerprint density at radius 2 is 1.55 bits per heavy atom. The molecule has 0 aliphatic heterocycles. The lowest BCUT2D eigenvalue weighted by Crippen LogP contribution is -2.53. The lowest BCUT2D eigenvalue weighted by Gasteiger charge is -2.33. The van der Waals surface area contributed by atoms with Crippen LogP contribution in [0.15, 0.2) is 83.8 Å². The zero-order chi connectivity index (χ0) is 27.9. The van der Waals surface area contributed by atoms with E-state index in [-0.39, 0.29) is 35.5 Å². The highest BCUT2D eigenvalue weighted by molar-refractivity contribution is 7.92. The van der Waals surface area contributed by atoms with E-state index in [2.05, 4.69) is 5.32 Å². The van der Waals surface area contributed by atoms with Gasteiger partial charge >= 0.3 is 0 Å². The summed E-state index contributed by atoms with van der Waals surface area (Å²) in [6.45, 7) is 4.78. The second kappa shape index (κ2) is 12.9. The largest absolute Gasteiger partial charge is 0.352 e.